The van der Waals surface area contributed by atoms with Crippen molar-refractivity contribution in [1.29, 1.82) is 0 Å². The van der Waals surface area contributed by atoms with Crippen LogP contribution >= 0.6 is 24.0 Å². The van der Waals surface area contributed by atoms with Crippen LogP contribution in [0.5, 0.6) is 5.75 Å². The Morgan fingerprint density at radius 2 is 2.03 bits per heavy atom. The molecule has 0 radical (unpaired) electrons. The van der Waals surface area contributed by atoms with E-state index in [2.05, 4.69) is 17.9 Å². The van der Waals surface area contributed by atoms with Crippen LogP contribution in [0.15, 0.2) is 33.6 Å². The van der Waals surface area contributed by atoms with Crippen LogP contribution in [-0.2, 0) is 0 Å². The number of aliphatic hydroxyl groups is 1. The Balaban J connectivity index is 1.38. The molecule has 4 nitrogen and oxygen atoms in total. The molecule has 1 N–H and O–H groups in total. The van der Waals surface area contributed by atoms with Crippen molar-refractivity contribution >= 4 is 34.4 Å². The molecule has 5 rings (SSSR count). The standard InChI is InChI=1S/C24H27NO3S2/c1-13-9-21(27-3)14(2)8-18(13)20-7-6-17(28-20)12-22-23(26)25(24(29)30-22)19-11-15-4-5-16(19)10-15/h6-9,12,15-16,19,23,26H,4-5,10-11H2,1-3H3. The zero-order chi connectivity index (χ0) is 21.0. The molecule has 6 heteroatoms. The monoisotopic (exact) mass is 441 g/mol. The summed E-state index contributed by atoms with van der Waals surface area (Å²) in [5, 5.41) is 11.0. The van der Waals surface area contributed by atoms with Gasteiger partial charge in [0.15, 0.2) is 6.23 Å². The summed E-state index contributed by atoms with van der Waals surface area (Å²) in [6.45, 7) is 4.09. The van der Waals surface area contributed by atoms with Crippen LogP contribution in [0.3, 0.4) is 0 Å². The molecule has 2 bridgehead atoms. The maximum absolute atomic E-state index is 11.0. The molecule has 1 saturated heterocycles. The third-order valence-corrected chi connectivity index (χ3v) is 8.32. The highest BCUT2D eigenvalue weighted by Crippen LogP contribution is 2.50. The zero-order valence-electron chi connectivity index (χ0n) is 17.6. The summed E-state index contributed by atoms with van der Waals surface area (Å²) in [5.74, 6) is 3.92. The first-order chi connectivity index (χ1) is 14.4. The topological polar surface area (TPSA) is 45.8 Å². The summed E-state index contributed by atoms with van der Waals surface area (Å²) >= 11 is 7.14. The van der Waals surface area contributed by atoms with E-state index in [1.807, 2.05) is 31.2 Å². The number of aliphatic hydroxyl groups excluding tert-OH is 1. The fourth-order valence-corrected chi connectivity index (χ4v) is 6.87. The fourth-order valence-electron chi connectivity index (χ4n) is 5.41. The third kappa shape index (κ3) is 3.39. The summed E-state index contributed by atoms with van der Waals surface area (Å²) in [5.41, 5.74) is 3.23. The molecule has 3 fully saturated rings. The van der Waals surface area contributed by atoms with Gasteiger partial charge in [-0.3, -0.25) is 0 Å². The number of hydrogen-bond acceptors (Lipinski definition) is 5. The molecule has 1 aliphatic heterocycles. The lowest BCUT2D eigenvalue weighted by atomic mass is 9.94. The van der Waals surface area contributed by atoms with Gasteiger partial charge in [-0.25, -0.2) is 0 Å². The first-order valence-corrected chi connectivity index (χ1v) is 11.8. The Bertz CT molecular complexity index is 1030. The van der Waals surface area contributed by atoms with E-state index in [0.717, 1.165) is 55.5 Å². The average molecular weight is 442 g/mol. The number of hydrogen-bond donors (Lipinski definition) is 1. The molecule has 0 spiro atoms. The van der Waals surface area contributed by atoms with Crippen molar-refractivity contribution in [2.45, 2.75) is 51.8 Å². The second-order valence-corrected chi connectivity index (χ2v) is 10.5. The van der Waals surface area contributed by atoms with Gasteiger partial charge in [-0.15, -0.1) is 0 Å². The molecule has 30 heavy (non-hydrogen) atoms. The average Bonchev–Trinajstić information content (AvgIpc) is 3.49. The number of benzene rings is 1. The molecule has 4 atom stereocenters. The van der Waals surface area contributed by atoms with Crippen molar-refractivity contribution in [2.75, 3.05) is 7.11 Å². The lowest BCUT2D eigenvalue weighted by molar-refractivity contribution is 0.0541. The lowest BCUT2D eigenvalue weighted by Gasteiger charge is -2.34. The number of nitrogens with zero attached hydrogens (tertiary/aromatic N) is 1. The van der Waals surface area contributed by atoms with Gasteiger partial charge in [0.05, 0.1) is 7.11 Å². The van der Waals surface area contributed by atoms with E-state index in [9.17, 15) is 5.11 Å². The lowest BCUT2D eigenvalue weighted by Crippen LogP contribution is -2.44. The molecular formula is C24H27NO3S2. The highest BCUT2D eigenvalue weighted by Gasteiger charge is 2.47. The molecule has 158 valence electrons. The third-order valence-electron chi connectivity index (χ3n) is 6.91. The number of ether oxygens (including phenoxy) is 1. The summed E-state index contributed by atoms with van der Waals surface area (Å²) < 4.78 is 12.3. The van der Waals surface area contributed by atoms with Crippen LogP contribution < -0.4 is 4.74 Å². The van der Waals surface area contributed by atoms with Gasteiger partial charge in [0.25, 0.3) is 0 Å². The maximum atomic E-state index is 11.0. The number of furan rings is 1. The zero-order valence-corrected chi connectivity index (χ0v) is 19.2. The number of aryl methyl sites for hydroxylation is 2. The molecule has 2 heterocycles. The Labute approximate surface area is 187 Å². The Morgan fingerprint density at radius 1 is 1.20 bits per heavy atom. The van der Waals surface area contributed by atoms with Crippen LogP contribution in [0, 0.1) is 25.7 Å². The first kappa shape index (κ1) is 20.2. The Hall–Kier alpha value is -1.76. The first-order valence-electron chi connectivity index (χ1n) is 10.6. The fraction of sp³-hybridized carbons (Fsp3) is 0.458. The van der Waals surface area contributed by atoms with Crippen molar-refractivity contribution in [3.8, 4) is 17.1 Å². The Morgan fingerprint density at radius 3 is 2.73 bits per heavy atom. The predicted molar refractivity (Wildman–Crippen MR) is 125 cm³/mol. The van der Waals surface area contributed by atoms with Gasteiger partial charge in [0.1, 0.15) is 21.6 Å². The summed E-state index contributed by atoms with van der Waals surface area (Å²) in [6.07, 6.45) is 6.34. The summed E-state index contributed by atoms with van der Waals surface area (Å²) in [6, 6.07) is 8.46. The van der Waals surface area contributed by atoms with E-state index in [1.165, 1.54) is 31.0 Å². The smallest absolute Gasteiger partial charge is 0.161 e. The number of thiocarbonyl (C=S) groups is 1. The quantitative estimate of drug-likeness (QED) is 0.609. The van der Waals surface area contributed by atoms with Crippen molar-refractivity contribution in [3.05, 3.63) is 46.1 Å². The van der Waals surface area contributed by atoms with Gasteiger partial charge in [-0.2, -0.15) is 0 Å². The van der Waals surface area contributed by atoms with E-state index >= 15 is 0 Å². The number of fused-ring (bicyclic) bond motifs is 2. The van der Waals surface area contributed by atoms with E-state index in [0.29, 0.717) is 12.0 Å². The van der Waals surface area contributed by atoms with Crippen molar-refractivity contribution in [2.24, 2.45) is 11.8 Å². The van der Waals surface area contributed by atoms with Crippen LogP contribution in [0.25, 0.3) is 17.4 Å². The minimum absolute atomic E-state index is 0.390. The summed E-state index contributed by atoms with van der Waals surface area (Å²) in [7, 11) is 1.69. The molecule has 4 unspecified atom stereocenters. The molecule has 1 aromatic heterocycles. The minimum atomic E-state index is -0.662. The van der Waals surface area contributed by atoms with Crippen molar-refractivity contribution in [3.63, 3.8) is 0 Å². The van der Waals surface area contributed by atoms with E-state index in [1.54, 1.807) is 7.11 Å². The van der Waals surface area contributed by atoms with Crippen LogP contribution in [0.1, 0.15) is 42.6 Å². The maximum Gasteiger partial charge on any atom is 0.161 e. The second kappa shape index (κ2) is 7.74. The molecule has 1 aromatic carbocycles. The van der Waals surface area contributed by atoms with Gasteiger partial charge in [0, 0.05) is 16.5 Å². The predicted octanol–water partition coefficient (Wildman–Crippen LogP) is 5.75. The SMILES string of the molecule is COc1cc(C)c(-c2ccc(C=C3SC(=S)N(C4CC5CCC4C5)C3O)o2)cc1C. The van der Waals surface area contributed by atoms with Crippen LogP contribution in [0.2, 0.25) is 0 Å². The van der Waals surface area contributed by atoms with E-state index in [-0.39, 0.29) is 0 Å². The van der Waals surface area contributed by atoms with Gasteiger partial charge >= 0.3 is 0 Å². The van der Waals surface area contributed by atoms with Crippen LogP contribution in [-0.4, -0.2) is 33.7 Å². The van der Waals surface area contributed by atoms with Crippen molar-refractivity contribution in [1.82, 2.24) is 4.90 Å². The number of thioether (sulfide) groups is 1. The summed E-state index contributed by atoms with van der Waals surface area (Å²) in [4.78, 5) is 2.93. The van der Waals surface area contributed by atoms with Gasteiger partial charge in [0.2, 0.25) is 0 Å². The highest BCUT2D eigenvalue weighted by molar-refractivity contribution is 8.25. The molecule has 0 amide bonds. The molecular weight excluding hydrogens is 414 g/mol. The normalized spacial score (nSPS) is 29.4. The number of rotatable bonds is 4. The van der Waals surface area contributed by atoms with Crippen molar-refractivity contribution < 1.29 is 14.3 Å². The van der Waals surface area contributed by atoms with E-state index in [4.69, 9.17) is 21.4 Å². The molecule has 2 aliphatic carbocycles. The molecule has 3 aliphatic rings. The molecule has 2 saturated carbocycles. The molecule has 2 aromatic rings. The largest absolute Gasteiger partial charge is 0.496 e. The van der Waals surface area contributed by atoms with Gasteiger partial charge in [-0.05, 0) is 86.4 Å². The minimum Gasteiger partial charge on any atom is -0.496 e. The highest BCUT2D eigenvalue weighted by atomic mass is 32.2. The number of methoxy groups -OCH3 is 1. The van der Waals surface area contributed by atoms with Gasteiger partial charge < -0.3 is 19.2 Å². The Kier molecular flexibility index (Phi) is 5.20. The van der Waals surface area contributed by atoms with E-state index < -0.39 is 6.23 Å². The van der Waals surface area contributed by atoms with Crippen LogP contribution in [0.4, 0.5) is 0 Å². The van der Waals surface area contributed by atoms with Gasteiger partial charge in [-0.1, -0.05) is 30.4 Å². The second-order valence-electron chi connectivity index (χ2n) is 8.78.